The highest BCUT2D eigenvalue weighted by Crippen LogP contribution is 2.27. The number of aromatic hydroxyl groups is 1. The van der Waals surface area contributed by atoms with E-state index in [-0.39, 0.29) is 10.8 Å². The van der Waals surface area contributed by atoms with Gasteiger partial charge in [0.15, 0.2) is 5.16 Å². The van der Waals surface area contributed by atoms with E-state index >= 15 is 0 Å². The van der Waals surface area contributed by atoms with E-state index in [9.17, 15) is 9.90 Å². The van der Waals surface area contributed by atoms with Crippen molar-refractivity contribution in [2.24, 2.45) is 5.10 Å². The number of nitrogens with zero attached hydrogens (tertiary/aromatic N) is 3. The van der Waals surface area contributed by atoms with Crippen molar-refractivity contribution in [1.82, 2.24) is 20.6 Å². The van der Waals surface area contributed by atoms with E-state index in [1.165, 1.54) is 24.5 Å². The number of nitrogens with one attached hydrogen (secondary N) is 2. The average Bonchev–Trinajstić information content (AvgIpc) is 3.28. The number of aromatic nitrogens is 3. The summed E-state index contributed by atoms with van der Waals surface area (Å²) < 4.78 is 0. The Kier molecular flexibility index (Phi) is 5.97. The number of fused-ring (bicyclic) bond motifs is 1. The fourth-order valence-electron chi connectivity index (χ4n) is 2.91. The van der Waals surface area contributed by atoms with Crippen molar-refractivity contribution in [1.29, 1.82) is 0 Å². The third kappa shape index (κ3) is 4.45. The van der Waals surface area contributed by atoms with Crippen molar-refractivity contribution < 1.29 is 9.90 Å². The molecule has 0 aliphatic heterocycles. The molecule has 0 atom stereocenters. The summed E-state index contributed by atoms with van der Waals surface area (Å²) in [6, 6.07) is 16.2. The zero-order valence-electron chi connectivity index (χ0n) is 15.5. The van der Waals surface area contributed by atoms with Crippen LogP contribution in [0.25, 0.3) is 10.8 Å². The highest BCUT2D eigenvalue weighted by Gasteiger charge is 2.09. The molecule has 7 nitrogen and oxygen atoms in total. The molecular formula is C21H16ClN5O2S. The van der Waals surface area contributed by atoms with Gasteiger partial charge in [-0.2, -0.15) is 10.2 Å². The van der Waals surface area contributed by atoms with Crippen molar-refractivity contribution in [2.75, 3.05) is 0 Å². The van der Waals surface area contributed by atoms with Crippen LogP contribution in [0.2, 0.25) is 5.02 Å². The maximum absolute atomic E-state index is 12.2. The number of H-pyrrole nitrogens is 1. The molecule has 4 aromatic rings. The molecule has 3 N–H and O–H groups in total. The van der Waals surface area contributed by atoms with Gasteiger partial charge in [0.05, 0.1) is 11.2 Å². The Morgan fingerprint density at radius 2 is 2.03 bits per heavy atom. The van der Waals surface area contributed by atoms with Gasteiger partial charge in [0.1, 0.15) is 12.1 Å². The summed E-state index contributed by atoms with van der Waals surface area (Å²) in [6.07, 6.45) is 3.09. The Labute approximate surface area is 181 Å². The van der Waals surface area contributed by atoms with Crippen LogP contribution in [0, 0.1) is 0 Å². The minimum absolute atomic E-state index is 0.0789. The first-order valence-electron chi connectivity index (χ1n) is 8.92. The Morgan fingerprint density at radius 1 is 1.20 bits per heavy atom. The fourth-order valence-corrected chi connectivity index (χ4v) is 3.87. The highest BCUT2D eigenvalue weighted by atomic mass is 35.5. The summed E-state index contributed by atoms with van der Waals surface area (Å²) in [5.41, 5.74) is 4.83. The predicted molar refractivity (Wildman–Crippen MR) is 118 cm³/mol. The van der Waals surface area contributed by atoms with Gasteiger partial charge in [-0.25, -0.2) is 10.4 Å². The molecule has 3 aromatic carbocycles. The van der Waals surface area contributed by atoms with Crippen LogP contribution in [-0.4, -0.2) is 32.4 Å². The number of carbonyl (C=O) groups is 1. The van der Waals surface area contributed by atoms with Crippen molar-refractivity contribution in [3.63, 3.8) is 0 Å². The summed E-state index contributed by atoms with van der Waals surface area (Å²) in [4.78, 5) is 16.4. The molecule has 0 radical (unpaired) electrons. The van der Waals surface area contributed by atoms with Gasteiger partial charge in [-0.05, 0) is 34.5 Å². The number of amides is 1. The van der Waals surface area contributed by atoms with Gasteiger partial charge in [0.25, 0.3) is 5.91 Å². The van der Waals surface area contributed by atoms with Gasteiger partial charge in [-0.1, -0.05) is 59.8 Å². The molecule has 0 unspecified atom stereocenters. The SMILES string of the molecule is O=C(NN=Cc1ccc(CSc2ncn[nH]2)c2ccccc12)c1ccc(O)c(Cl)c1. The number of thioether (sulfide) groups is 1. The van der Waals surface area contributed by atoms with E-state index < -0.39 is 5.91 Å². The summed E-state index contributed by atoms with van der Waals surface area (Å²) in [5.74, 6) is 0.244. The zero-order chi connectivity index (χ0) is 20.9. The molecule has 1 amide bonds. The lowest BCUT2D eigenvalue weighted by Crippen LogP contribution is -2.17. The molecule has 9 heteroatoms. The molecule has 0 saturated carbocycles. The van der Waals surface area contributed by atoms with Gasteiger partial charge in [0.2, 0.25) is 0 Å². The molecule has 4 rings (SSSR count). The number of phenols is 1. The maximum Gasteiger partial charge on any atom is 0.271 e. The van der Waals surface area contributed by atoms with E-state index in [0.29, 0.717) is 5.56 Å². The van der Waals surface area contributed by atoms with Gasteiger partial charge in [0, 0.05) is 16.9 Å². The first-order valence-corrected chi connectivity index (χ1v) is 10.3. The second-order valence-electron chi connectivity index (χ2n) is 6.30. The van der Waals surface area contributed by atoms with Crippen LogP contribution in [0.15, 0.2) is 71.2 Å². The topological polar surface area (TPSA) is 103 Å². The third-order valence-electron chi connectivity index (χ3n) is 4.39. The standard InChI is InChI=1S/C21H16ClN5O2S/c22-18-9-13(7-8-19(18)28)20(29)26-24-10-14-5-6-15(11-30-21-23-12-25-27-21)17-4-2-1-3-16(14)17/h1-10,12,28H,11H2,(H,26,29)(H,23,25,27). The Bertz CT molecular complexity index is 1230. The molecule has 0 fully saturated rings. The van der Waals surface area contributed by atoms with Crippen molar-refractivity contribution in [3.05, 3.63) is 82.6 Å². The van der Waals surface area contributed by atoms with E-state index in [0.717, 1.165) is 32.8 Å². The predicted octanol–water partition coefficient (Wildman–Crippen LogP) is 4.37. The molecule has 0 spiro atoms. The number of benzene rings is 3. The van der Waals surface area contributed by atoms with Crippen molar-refractivity contribution in [3.8, 4) is 5.75 Å². The fraction of sp³-hybridized carbons (Fsp3) is 0.0476. The minimum Gasteiger partial charge on any atom is -0.506 e. The Balaban J connectivity index is 1.52. The number of phenolic OH excluding ortho intramolecular Hbond substituents is 1. The normalized spacial score (nSPS) is 11.2. The van der Waals surface area contributed by atoms with E-state index in [4.69, 9.17) is 11.6 Å². The number of aromatic amines is 1. The average molecular weight is 438 g/mol. The molecule has 0 saturated heterocycles. The van der Waals surface area contributed by atoms with E-state index in [1.54, 1.807) is 18.0 Å². The molecule has 1 heterocycles. The molecule has 0 bridgehead atoms. The molecule has 30 heavy (non-hydrogen) atoms. The second-order valence-corrected chi connectivity index (χ2v) is 7.68. The summed E-state index contributed by atoms with van der Waals surface area (Å²) in [7, 11) is 0. The highest BCUT2D eigenvalue weighted by molar-refractivity contribution is 7.98. The number of hydrogen-bond acceptors (Lipinski definition) is 6. The van der Waals surface area contributed by atoms with E-state index in [2.05, 4.69) is 31.8 Å². The largest absolute Gasteiger partial charge is 0.506 e. The first kappa shape index (κ1) is 19.9. The van der Waals surface area contributed by atoms with Crippen LogP contribution in [0.5, 0.6) is 5.75 Å². The number of rotatable bonds is 6. The van der Waals surface area contributed by atoms with Crippen LogP contribution in [0.3, 0.4) is 0 Å². The maximum atomic E-state index is 12.2. The van der Waals surface area contributed by atoms with Crippen molar-refractivity contribution >= 4 is 46.3 Å². The lowest BCUT2D eigenvalue weighted by Gasteiger charge is -2.08. The lowest BCUT2D eigenvalue weighted by molar-refractivity contribution is 0.0955. The molecule has 150 valence electrons. The Hall–Kier alpha value is -3.36. The number of halogens is 1. The molecule has 1 aromatic heterocycles. The van der Waals surface area contributed by atoms with Crippen LogP contribution >= 0.6 is 23.4 Å². The quantitative estimate of drug-likeness (QED) is 0.236. The summed E-state index contributed by atoms with van der Waals surface area (Å²) in [5, 5.41) is 23.2. The summed E-state index contributed by atoms with van der Waals surface area (Å²) in [6.45, 7) is 0. The Morgan fingerprint density at radius 3 is 2.80 bits per heavy atom. The zero-order valence-corrected chi connectivity index (χ0v) is 17.1. The second kappa shape index (κ2) is 8.98. The van der Waals surface area contributed by atoms with Crippen molar-refractivity contribution in [2.45, 2.75) is 10.9 Å². The van der Waals surface area contributed by atoms with E-state index in [1.807, 2.05) is 30.3 Å². The molecular weight excluding hydrogens is 422 g/mol. The first-order chi connectivity index (χ1) is 14.6. The van der Waals surface area contributed by atoms with Crippen LogP contribution in [0.1, 0.15) is 21.5 Å². The van der Waals surface area contributed by atoms with Gasteiger partial charge in [-0.3, -0.25) is 9.89 Å². The number of hydrogen-bond donors (Lipinski definition) is 3. The van der Waals surface area contributed by atoms with Gasteiger partial charge >= 0.3 is 0 Å². The molecule has 0 aliphatic carbocycles. The van der Waals surface area contributed by atoms with Gasteiger partial charge < -0.3 is 5.11 Å². The van der Waals surface area contributed by atoms with Crippen LogP contribution in [0.4, 0.5) is 0 Å². The number of hydrazone groups is 1. The smallest absolute Gasteiger partial charge is 0.271 e. The van der Waals surface area contributed by atoms with Gasteiger partial charge in [-0.15, -0.1) is 0 Å². The minimum atomic E-state index is -0.419. The summed E-state index contributed by atoms with van der Waals surface area (Å²) >= 11 is 7.42. The molecule has 0 aliphatic rings. The monoisotopic (exact) mass is 437 g/mol. The van der Waals surface area contributed by atoms with Crippen LogP contribution < -0.4 is 5.43 Å². The number of carbonyl (C=O) groups excluding carboxylic acids is 1. The third-order valence-corrected chi connectivity index (χ3v) is 5.61. The lowest BCUT2D eigenvalue weighted by atomic mass is 10.0. The van der Waals surface area contributed by atoms with Crippen LogP contribution in [-0.2, 0) is 5.75 Å².